The summed E-state index contributed by atoms with van der Waals surface area (Å²) in [5.74, 6) is -1.98. The molecule has 0 radical (unpaired) electrons. The van der Waals surface area contributed by atoms with E-state index in [4.69, 9.17) is 4.74 Å². The zero-order valence-corrected chi connectivity index (χ0v) is 16.8. The highest BCUT2D eigenvalue weighted by Gasteiger charge is 2.37. The molecule has 1 aromatic carbocycles. The first kappa shape index (κ1) is 21.4. The van der Waals surface area contributed by atoms with E-state index in [-0.39, 0.29) is 24.8 Å². The maximum absolute atomic E-state index is 12.3. The van der Waals surface area contributed by atoms with Crippen LogP contribution >= 0.6 is 0 Å². The number of carbonyl (C=O) groups excluding carboxylic acids is 3. The summed E-state index contributed by atoms with van der Waals surface area (Å²) in [6.07, 6.45) is 0.963. The highest BCUT2D eigenvalue weighted by Crippen LogP contribution is 2.26. The summed E-state index contributed by atoms with van der Waals surface area (Å²) in [7, 11) is 0. The quantitative estimate of drug-likeness (QED) is 0.726. The van der Waals surface area contributed by atoms with Crippen LogP contribution in [0.15, 0.2) is 24.3 Å². The first-order valence-electron chi connectivity index (χ1n) is 9.48. The number of nitrogens with one attached hydrogen (secondary N) is 1. The lowest BCUT2D eigenvalue weighted by Crippen LogP contribution is -2.50. The number of hydrogen-bond acceptors (Lipinski definition) is 5. The molecule has 150 valence electrons. The van der Waals surface area contributed by atoms with Gasteiger partial charge in [0, 0.05) is 18.7 Å². The molecular weight excluding hydrogens is 358 g/mol. The second-order valence-corrected chi connectivity index (χ2v) is 7.55. The fourth-order valence-corrected chi connectivity index (χ4v) is 2.91. The molecule has 7 nitrogen and oxygen atoms in total. The van der Waals surface area contributed by atoms with Crippen molar-refractivity contribution in [3.8, 4) is 6.07 Å². The molecule has 2 atom stereocenters. The van der Waals surface area contributed by atoms with Gasteiger partial charge in [0.05, 0.1) is 12.0 Å². The van der Waals surface area contributed by atoms with Gasteiger partial charge in [0.1, 0.15) is 5.54 Å². The van der Waals surface area contributed by atoms with Gasteiger partial charge in [0.25, 0.3) is 5.91 Å². The average Bonchev–Trinajstić information content (AvgIpc) is 3.07. The summed E-state index contributed by atoms with van der Waals surface area (Å²) in [6, 6.07) is 9.72. The SMILES string of the molecule is CCc1ccc(N2C[C@H](C(=O)OCC(=O)N[C@@](C)(C#N)C(C)C)CC2=O)cc1. The van der Waals surface area contributed by atoms with Crippen molar-refractivity contribution in [1.29, 1.82) is 5.26 Å². The first-order chi connectivity index (χ1) is 13.2. The average molecular weight is 385 g/mol. The number of esters is 1. The number of carbonyl (C=O) groups is 3. The van der Waals surface area contributed by atoms with Crippen LogP contribution in [0.4, 0.5) is 5.69 Å². The molecule has 0 aromatic heterocycles. The molecule has 28 heavy (non-hydrogen) atoms. The zero-order valence-electron chi connectivity index (χ0n) is 16.8. The molecule has 1 saturated heterocycles. The first-order valence-corrected chi connectivity index (χ1v) is 9.48. The van der Waals surface area contributed by atoms with E-state index in [1.54, 1.807) is 11.8 Å². The molecular formula is C21H27N3O4. The van der Waals surface area contributed by atoms with Crippen LogP contribution in [-0.4, -0.2) is 36.5 Å². The van der Waals surface area contributed by atoms with Crippen LogP contribution in [0.3, 0.4) is 0 Å². The molecule has 1 aliphatic rings. The maximum atomic E-state index is 12.3. The van der Waals surface area contributed by atoms with Crippen molar-refractivity contribution in [2.45, 2.75) is 46.1 Å². The Morgan fingerprint density at radius 1 is 1.36 bits per heavy atom. The predicted molar refractivity (Wildman–Crippen MR) is 104 cm³/mol. The molecule has 0 saturated carbocycles. The number of hydrogen-bond donors (Lipinski definition) is 1. The molecule has 1 fully saturated rings. The molecule has 7 heteroatoms. The second kappa shape index (κ2) is 8.87. The smallest absolute Gasteiger partial charge is 0.311 e. The van der Waals surface area contributed by atoms with Crippen molar-refractivity contribution in [3.05, 3.63) is 29.8 Å². The van der Waals surface area contributed by atoms with Crippen LogP contribution in [-0.2, 0) is 25.5 Å². The zero-order chi connectivity index (χ0) is 20.9. The van der Waals surface area contributed by atoms with Crippen LogP contribution in [0.25, 0.3) is 0 Å². The lowest BCUT2D eigenvalue weighted by atomic mass is 9.90. The third kappa shape index (κ3) is 4.89. The Kier molecular flexibility index (Phi) is 6.79. The molecule has 0 aliphatic carbocycles. The van der Waals surface area contributed by atoms with Gasteiger partial charge in [-0.3, -0.25) is 14.4 Å². The number of ether oxygens (including phenoxy) is 1. The number of nitrogens with zero attached hydrogens (tertiary/aromatic N) is 2. The van der Waals surface area contributed by atoms with Gasteiger partial charge in [-0.05, 0) is 37.0 Å². The van der Waals surface area contributed by atoms with Gasteiger partial charge in [-0.2, -0.15) is 5.26 Å². The Hall–Kier alpha value is -2.88. The lowest BCUT2D eigenvalue weighted by Gasteiger charge is -2.27. The van der Waals surface area contributed by atoms with Crippen LogP contribution in [0.5, 0.6) is 0 Å². The topological polar surface area (TPSA) is 99.5 Å². The van der Waals surface area contributed by atoms with E-state index in [0.29, 0.717) is 0 Å². The molecule has 1 N–H and O–H groups in total. The minimum Gasteiger partial charge on any atom is -0.455 e. The number of amides is 2. The Bertz CT molecular complexity index is 782. The Morgan fingerprint density at radius 2 is 2.00 bits per heavy atom. The van der Waals surface area contributed by atoms with Crippen LogP contribution in [0.1, 0.15) is 39.7 Å². The Balaban J connectivity index is 1.90. The standard InChI is InChI=1S/C21H27N3O4/c1-5-15-6-8-17(9-7-15)24-11-16(10-19(24)26)20(27)28-12-18(25)23-21(4,13-22)14(2)3/h6-9,14,16H,5,10-12H2,1-4H3,(H,23,25)/t16-,21+/m1/s1. The summed E-state index contributed by atoms with van der Waals surface area (Å²) in [4.78, 5) is 38.2. The molecule has 0 bridgehead atoms. The second-order valence-electron chi connectivity index (χ2n) is 7.55. The summed E-state index contributed by atoms with van der Waals surface area (Å²) in [5.41, 5.74) is 0.883. The molecule has 1 aliphatic heterocycles. The van der Waals surface area contributed by atoms with Gasteiger partial charge in [0.2, 0.25) is 5.91 Å². The van der Waals surface area contributed by atoms with Crippen molar-refractivity contribution >= 4 is 23.5 Å². The largest absolute Gasteiger partial charge is 0.455 e. The maximum Gasteiger partial charge on any atom is 0.311 e. The summed E-state index contributed by atoms with van der Waals surface area (Å²) in [5, 5.41) is 11.8. The fourth-order valence-electron chi connectivity index (χ4n) is 2.91. The summed E-state index contributed by atoms with van der Waals surface area (Å²) >= 11 is 0. The number of nitriles is 1. The monoisotopic (exact) mass is 385 g/mol. The van der Waals surface area contributed by atoms with Gasteiger partial charge in [-0.1, -0.05) is 32.9 Å². The third-order valence-corrected chi connectivity index (χ3v) is 5.25. The summed E-state index contributed by atoms with van der Waals surface area (Å²) < 4.78 is 5.09. The van der Waals surface area contributed by atoms with Gasteiger partial charge < -0.3 is 15.0 Å². The van der Waals surface area contributed by atoms with Crippen LogP contribution in [0.2, 0.25) is 0 Å². The minimum atomic E-state index is -1.03. The van der Waals surface area contributed by atoms with Gasteiger partial charge in [-0.15, -0.1) is 0 Å². The molecule has 0 spiro atoms. The van der Waals surface area contributed by atoms with E-state index < -0.39 is 29.9 Å². The van der Waals surface area contributed by atoms with E-state index in [1.165, 1.54) is 5.56 Å². The molecule has 1 aromatic rings. The number of benzene rings is 1. The highest BCUT2D eigenvalue weighted by atomic mass is 16.5. The van der Waals surface area contributed by atoms with Crippen LogP contribution in [0, 0.1) is 23.2 Å². The fraction of sp³-hybridized carbons (Fsp3) is 0.524. The van der Waals surface area contributed by atoms with E-state index in [9.17, 15) is 19.6 Å². The molecule has 1 heterocycles. The summed E-state index contributed by atoms with van der Waals surface area (Å²) in [6.45, 7) is 7.07. The van der Waals surface area contributed by atoms with Crippen LogP contribution < -0.4 is 10.2 Å². The van der Waals surface area contributed by atoms with E-state index in [2.05, 4.69) is 18.3 Å². The highest BCUT2D eigenvalue weighted by molar-refractivity contribution is 5.99. The normalized spacial score (nSPS) is 18.5. The molecule has 0 unspecified atom stereocenters. The van der Waals surface area contributed by atoms with Gasteiger partial charge >= 0.3 is 5.97 Å². The number of aryl methyl sites for hydroxylation is 1. The number of rotatable bonds is 7. The van der Waals surface area contributed by atoms with E-state index in [1.807, 2.05) is 38.1 Å². The Morgan fingerprint density at radius 3 is 2.54 bits per heavy atom. The lowest BCUT2D eigenvalue weighted by molar-refractivity contribution is -0.152. The molecule has 2 amide bonds. The van der Waals surface area contributed by atoms with E-state index >= 15 is 0 Å². The Labute approximate surface area is 165 Å². The van der Waals surface area contributed by atoms with Crippen molar-refractivity contribution in [2.75, 3.05) is 18.1 Å². The van der Waals surface area contributed by atoms with Crippen molar-refractivity contribution in [2.24, 2.45) is 11.8 Å². The molecule has 2 rings (SSSR count). The number of anilines is 1. The van der Waals surface area contributed by atoms with Crippen molar-refractivity contribution in [1.82, 2.24) is 5.32 Å². The van der Waals surface area contributed by atoms with Gasteiger partial charge in [0.15, 0.2) is 6.61 Å². The van der Waals surface area contributed by atoms with Crippen molar-refractivity contribution < 1.29 is 19.1 Å². The minimum absolute atomic E-state index is 0.0535. The van der Waals surface area contributed by atoms with Crippen molar-refractivity contribution in [3.63, 3.8) is 0 Å². The third-order valence-electron chi connectivity index (χ3n) is 5.25. The predicted octanol–water partition coefficient (Wildman–Crippen LogP) is 2.20. The van der Waals surface area contributed by atoms with Gasteiger partial charge in [-0.25, -0.2) is 0 Å². The van der Waals surface area contributed by atoms with E-state index in [0.717, 1.165) is 12.1 Å².